The molecule has 0 aromatic carbocycles. The second kappa shape index (κ2) is 4.42. The van der Waals surface area contributed by atoms with Crippen LogP contribution in [-0.2, 0) is 0 Å². The van der Waals surface area contributed by atoms with Crippen molar-refractivity contribution in [2.45, 2.75) is 58.0 Å². The second-order valence-electron chi connectivity index (χ2n) is 6.76. The van der Waals surface area contributed by atoms with Crippen LogP contribution in [0, 0.1) is 5.92 Å². The van der Waals surface area contributed by atoms with Crippen molar-refractivity contribution < 1.29 is 0 Å². The molecule has 0 unspecified atom stereocenters. The van der Waals surface area contributed by atoms with E-state index in [0.29, 0.717) is 11.1 Å². The first-order valence-corrected chi connectivity index (χ1v) is 6.14. The van der Waals surface area contributed by atoms with Crippen LogP contribution < -0.4 is 5.32 Å². The van der Waals surface area contributed by atoms with Crippen LogP contribution in [0.5, 0.6) is 0 Å². The van der Waals surface area contributed by atoms with Crippen molar-refractivity contribution in [3.05, 3.63) is 0 Å². The molecule has 0 radical (unpaired) electrons. The standard InChI is InChI=1S/C13H28N2/c1-12(2)9-11(7-8-15(5)6)10-13(3,4)14-12/h11,14H,7-10H2,1-6H3. The summed E-state index contributed by atoms with van der Waals surface area (Å²) in [6, 6.07) is 0. The zero-order valence-electron chi connectivity index (χ0n) is 11.4. The highest BCUT2D eigenvalue weighted by Gasteiger charge is 2.37. The number of hydrogen-bond acceptors (Lipinski definition) is 2. The van der Waals surface area contributed by atoms with Gasteiger partial charge in [0.25, 0.3) is 0 Å². The lowest BCUT2D eigenvalue weighted by molar-refractivity contribution is 0.118. The summed E-state index contributed by atoms with van der Waals surface area (Å²) < 4.78 is 0. The van der Waals surface area contributed by atoms with Crippen LogP contribution in [0.4, 0.5) is 0 Å². The summed E-state index contributed by atoms with van der Waals surface area (Å²) in [6.07, 6.45) is 3.95. The molecule has 1 fully saturated rings. The van der Waals surface area contributed by atoms with Crippen LogP contribution in [0.3, 0.4) is 0 Å². The molecule has 1 saturated heterocycles. The molecule has 0 saturated carbocycles. The Kier molecular flexibility index (Phi) is 3.83. The fourth-order valence-electron chi connectivity index (χ4n) is 3.18. The Balaban J connectivity index is 2.52. The zero-order valence-corrected chi connectivity index (χ0v) is 11.4. The molecule has 0 atom stereocenters. The number of nitrogens with zero attached hydrogens (tertiary/aromatic N) is 1. The minimum atomic E-state index is 0.304. The van der Waals surface area contributed by atoms with E-state index < -0.39 is 0 Å². The molecule has 0 aromatic heterocycles. The van der Waals surface area contributed by atoms with E-state index in [2.05, 4.69) is 52.0 Å². The number of piperidine rings is 1. The van der Waals surface area contributed by atoms with Crippen LogP contribution in [0.25, 0.3) is 0 Å². The summed E-state index contributed by atoms with van der Waals surface area (Å²) in [6.45, 7) is 10.5. The first-order valence-electron chi connectivity index (χ1n) is 6.14. The Morgan fingerprint density at radius 3 is 1.93 bits per heavy atom. The summed E-state index contributed by atoms with van der Waals surface area (Å²) in [5, 5.41) is 3.74. The van der Waals surface area contributed by atoms with E-state index in [4.69, 9.17) is 0 Å². The van der Waals surface area contributed by atoms with Gasteiger partial charge in [-0.3, -0.25) is 0 Å². The summed E-state index contributed by atoms with van der Waals surface area (Å²) >= 11 is 0. The van der Waals surface area contributed by atoms with Crippen molar-refractivity contribution in [3.8, 4) is 0 Å². The maximum Gasteiger partial charge on any atom is 0.0132 e. The molecular formula is C13H28N2. The SMILES string of the molecule is CN(C)CCC1CC(C)(C)NC(C)(C)C1. The zero-order chi connectivity index (χ0) is 11.7. The average Bonchev–Trinajstić information content (AvgIpc) is 1.94. The molecule has 0 aromatic rings. The van der Waals surface area contributed by atoms with Crippen LogP contribution in [-0.4, -0.2) is 36.6 Å². The van der Waals surface area contributed by atoms with Crippen molar-refractivity contribution >= 4 is 0 Å². The smallest absolute Gasteiger partial charge is 0.0132 e. The van der Waals surface area contributed by atoms with Crippen LogP contribution >= 0.6 is 0 Å². The van der Waals surface area contributed by atoms with E-state index in [9.17, 15) is 0 Å². The van der Waals surface area contributed by atoms with E-state index in [1.807, 2.05) is 0 Å². The monoisotopic (exact) mass is 212 g/mol. The highest BCUT2D eigenvalue weighted by atomic mass is 15.1. The van der Waals surface area contributed by atoms with Gasteiger partial charge in [0, 0.05) is 11.1 Å². The van der Waals surface area contributed by atoms with E-state index in [1.165, 1.54) is 25.8 Å². The molecule has 1 aliphatic heterocycles. The van der Waals surface area contributed by atoms with Gasteiger partial charge >= 0.3 is 0 Å². The Labute approximate surface area is 95.4 Å². The van der Waals surface area contributed by atoms with Crippen LogP contribution in [0.15, 0.2) is 0 Å². The van der Waals surface area contributed by atoms with Gasteiger partial charge in [-0.2, -0.15) is 0 Å². The van der Waals surface area contributed by atoms with Gasteiger partial charge in [-0.1, -0.05) is 0 Å². The molecule has 2 nitrogen and oxygen atoms in total. The molecule has 1 heterocycles. The molecule has 0 bridgehead atoms. The fraction of sp³-hybridized carbons (Fsp3) is 1.00. The predicted octanol–water partition coefficient (Wildman–Crippen LogP) is 2.49. The Hall–Kier alpha value is -0.0800. The van der Waals surface area contributed by atoms with Crippen molar-refractivity contribution in [2.75, 3.05) is 20.6 Å². The molecule has 0 aliphatic carbocycles. The van der Waals surface area contributed by atoms with E-state index in [0.717, 1.165) is 5.92 Å². The largest absolute Gasteiger partial charge is 0.309 e. The van der Waals surface area contributed by atoms with Crippen molar-refractivity contribution in [3.63, 3.8) is 0 Å². The number of rotatable bonds is 3. The highest BCUT2D eigenvalue weighted by Crippen LogP contribution is 2.34. The van der Waals surface area contributed by atoms with Crippen LogP contribution in [0.1, 0.15) is 47.0 Å². The maximum absolute atomic E-state index is 3.74. The van der Waals surface area contributed by atoms with Crippen molar-refractivity contribution in [1.82, 2.24) is 10.2 Å². The van der Waals surface area contributed by atoms with Gasteiger partial charge < -0.3 is 10.2 Å². The van der Waals surface area contributed by atoms with Gasteiger partial charge in [0.05, 0.1) is 0 Å². The first-order chi connectivity index (χ1) is 6.70. The lowest BCUT2D eigenvalue weighted by Crippen LogP contribution is -2.57. The molecule has 1 aliphatic rings. The topological polar surface area (TPSA) is 15.3 Å². The second-order valence-corrected chi connectivity index (χ2v) is 6.76. The third kappa shape index (κ3) is 4.52. The van der Waals surface area contributed by atoms with Crippen molar-refractivity contribution in [1.29, 1.82) is 0 Å². The summed E-state index contributed by atoms with van der Waals surface area (Å²) in [7, 11) is 4.33. The molecule has 0 amide bonds. The minimum Gasteiger partial charge on any atom is -0.309 e. The van der Waals surface area contributed by atoms with Gasteiger partial charge in [0.1, 0.15) is 0 Å². The Bertz CT molecular complexity index is 191. The predicted molar refractivity (Wildman–Crippen MR) is 67.2 cm³/mol. The van der Waals surface area contributed by atoms with Gasteiger partial charge in [-0.05, 0) is 73.5 Å². The Morgan fingerprint density at radius 1 is 1.07 bits per heavy atom. The van der Waals surface area contributed by atoms with Gasteiger partial charge in [-0.15, -0.1) is 0 Å². The lowest BCUT2D eigenvalue weighted by atomic mass is 9.74. The summed E-state index contributed by atoms with van der Waals surface area (Å²) in [5.41, 5.74) is 0.609. The molecule has 90 valence electrons. The molecule has 1 N–H and O–H groups in total. The number of nitrogens with one attached hydrogen (secondary N) is 1. The van der Waals surface area contributed by atoms with E-state index in [-0.39, 0.29) is 0 Å². The van der Waals surface area contributed by atoms with Gasteiger partial charge in [-0.25, -0.2) is 0 Å². The van der Waals surface area contributed by atoms with E-state index in [1.54, 1.807) is 0 Å². The number of hydrogen-bond donors (Lipinski definition) is 1. The summed E-state index contributed by atoms with van der Waals surface area (Å²) in [5.74, 6) is 0.874. The normalized spacial score (nSPS) is 25.8. The third-order valence-electron chi connectivity index (χ3n) is 3.26. The fourth-order valence-corrected chi connectivity index (χ4v) is 3.18. The van der Waals surface area contributed by atoms with Gasteiger partial charge in [0.2, 0.25) is 0 Å². The average molecular weight is 212 g/mol. The molecule has 1 rings (SSSR count). The molecule has 2 heteroatoms. The van der Waals surface area contributed by atoms with Crippen molar-refractivity contribution in [2.24, 2.45) is 5.92 Å². The van der Waals surface area contributed by atoms with Gasteiger partial charge in [0.15, 0.2) is 0 Å². The first kappa shape index (κ1) is 13.0. The summed E-state index contributed by atoms with van der Waals surface area (Å²) in [4.78, 5) is 2.29. The molecule has 15 heavy (non-hydrogen) atoms. The lowest BCUT2D eigenvalue weighted by Gasteiger charge is -2.46. The quantitative estimate of drug-likeness (QED) is 0.773. The van der Waals surface area contributed by atoms with Crippen LogP contribution in [0.2, 0.25) is 0 Å². The Morgan fingerprint density at radius 2 is 1.53 bits per heavy atom. The maximum atomic E-state index is 3.74. The molecule has 0 spiro atoms. The minimum absolute atomic E-state index is 0.304. The highest BCUT2D eigenvalue weighted by molar-refractivity contribution is 4.96. The molecular weight excluding hydrogens is 184 g/mol. The third-order valence-corrected chi connectivity index (χ3v) is 3.26. The van der Waals surface area contributed by atoms with E-state index >= 15 is 0 Å².